The van der Waals surface area contributed by atoms with Gasteiger partial charge in [0.25, 0.3) is 0 Å². The van der Waals surface area contributed by atoms with Crippen molar-refractivity contribution in [2.75, 3.05) is 27.2 Å². The fourth-order valence-electron chi connectivity index (χ4n) is 2.19. The molecule has 0 atom stereocenters. The van der Waals surface area contributed by atoms with Gasteiger partial charge in [0.15, 0.2) is 0 Å². The SMILES string of the molecule is CCCCc1nc(C2=CCCN(C)C2)oc1OC. The molecule has 4 heteroatoms. The minimum Gasteiger partial charge on any atom is -0.467 e. The Morgan fingerprint density at radius 2 is 2.33 bits per heavy atom. The Hall–Kier alpha value is -1.29. The third-order valence-electron chi connectivity index (χ3n) is 3.23. The van der Waals surface area contributed by atoms with Crippen LogP contribution in [0.3, 0.4) is 0 Å². The molecule has 18 heavy (non-hydrogen) atoms. The number of ether oxygens (including phenoxy) is 1. The van der Waals surface area contributed by atoms with Crippen molar-refractivity contribution in [1.82, 2.24) is 9.88 Å². The summed E-state index contributed by atoms with van der Waals surface area (Å²) >= 11 is 0. The number of rotatable bonds is 5. The summed E-state index contributed by atoms with van der Waals surface area (Å²) in [6, 6.07) is 0. The first-order valence-corrected chi connectivity index (χ1v) is 6.66. The molecule has 2 rings (SSSR count). The Morgan fingerprint density at radius 1 is 1.50 bits per heavy atom. The van der Waals surface area contributed by atoms with Crippen molar-refractivity contribution in [3.63, 3.8) is 0 Å². The number of hydrogen-bond donors (Lipinski definition) is 0. The average molecular weight is 250 g/mol. The van der Waals surface area contributed by atoms with E-state index in [1.165, 1.54) is 5.57 Å². The van der Waals surface area contributed by atoms with E-state index < -0.39 is 0 Å². The number of hydrogen-bond acceptors (Lipinski definition) is 4. The summed E-state index contributed by atoms with van der Waals surface area (Å²) in [5.41, 5.74) is 2.12. The highest BCUT2D eigenvalue weighted by atomic mass is 16.6. The van der Waals surface area contributed by atoms with Gasteiger partial charge in [0.2, 0.25) is 5.89 Å². The second kappa shape index (κ2) is 6.05. The molecule has 0 spiro atoms. The van der Waals surface area contributed by atoms with Crippen LogP contribution in [0.1, 0.15) is 37.8 Å². The lowest BCUT2D eigenvalue weighted by Gasteiger charge is -2.20. The first kappa shape index (κ1) is 13.1. The number of nitrogens with zero attached hydrogens (tertiary/aromatic N) is 2. The molecule has 1 aliphatic rings. The summed E-state index contributed by atoms with van der Waals surface area (Å²) in [7, 11) is 3.76. The Labute approximate surface area is 109 Å². The van der Waals surface area contributed by atoms with Crippen molar-refractivity contribution < 1.29 is 9.15 Å². The van der Waals surface area contributed by atoms with E-state index in [-0.39, 0.29) is 0 Å². The largest absolute Gasteiger partial charge is 0.467 e. The second-order valence-electron chi connectivity index (χ2n) is 4.82. The van der Waals surface area contributed by atoms with Crippen LogP contribution in [0.5, 0.6) is 5.95 Å². The molecule has 1 aromatic heterocycles. The molecular formula is C14H22N2O2. The fraction of sp³-hybridized carbons (Fsp3) is 0.643. The lowest BCUT2D eigenvalue weighted by Crippen LogP contribution is -2.25. The van der Waals surface area contributed by atoms with Gasteiger partial charge in [-0.1, -0.05) is 19.4 Å². The van der Waals surface area contributed by atoms with E-state index in [9.17, 15) is 0 Å². The predicted molar refractivity (Wildman–Crippen MR) is 71.8 cm³/mol. The normalized spacial score (nSPS) is 16.7. The highest BCUT2D eigenvalue weighted by Crippen LogP contribution is 2.27. The minimum absolute atomic E-state index is 0.576. The third kappa shape index (κ3) is 2.93. The standard InChI is InChI=1S/C14H22N2O2/c1-4-5-8-12-14(17-3)18-13(15-12)11-7-6-9-16(2)10-11/h7H,4-6,8-10H2,1-3H3. The highest BCUT2D eigenvalue weighted by Gasteiger charge is 2.19. The number of aromatic nitrogens is 1. The second-order valence-corrected chi connectivity index (χ2v) is 4.82. The first-order valence-electron chi connectivity index (χ1n) is 6.66. The van der Waals surface area contributed by atoms with E-state index in [4.69, 9.17) is 9.15 Å². The lowest BCUT2D eigenvalue weighted by atomic mass is 10.1. The molecule has 0 aromatic carbocycles. The molecule has 1 aromatic rings. The molecule has 0 amide bonds. The summed E-state index contributed by atoms with van der Waals surface area (Å²) in [6.07, 6.45) is 6.46. The zero-order valence-corrected chi connectivity index (χ0v) is 11.5. The predicted octanol–water partition coefficient (Wildman–Crippen LogP) is 2.74. The summed E-state index contributed by atoms with van der Waals surface area (Å²) in [5.74, 6) is 1.30. The minimum atomic E-state index is 0.576. The molecule has 4 nitrogen and oxygen atoms in total. The quantitative estimate of drug-likeness (QED) is 0.805. The highest BCUT2D eigenvalue weighted by molar-refractivity contribution is 5.61. The van der Waals surface area contributed by atoms with Crippen LogP contribution in [0.2, 0.25) is 0 Å². The molecule has 1 aliphatic heterocycles. The molecule has 100 valence electrons. The number of methoxy groups -OCH3 is 1. The van der Waals surface area contributed by atoms with E-state index in [1.807, 2.05) is 0 Å². The molecule has 0 radical (unpaired) electrons. The molecular weight excluding hydrogens is 228 g/mol. The van der Waals surface area contributed by atoms with Crippen LogP contribution >= 0.6 is 0 Å². The van der Waals surface area contributed by atoms with Gasteiger partial charge in [0.05, 0.1) is 7.11 Å². The van der Waals surface area contributed by atoms with Gasteiger partial charge in [-0.25, -0.2) is 4.98 Å². The van der Waals surface area contributed by atoms with Crippen LogP contribution in [0.4, 0.5) is 0 Å². The molecule has 0 bridgehead atoms. The van der Waals surface area contributed by atoms with Crippen LogP contribution < -0.4 is 4.74 Å². The van der Waals surface area contributed by atoms with Crippen LogP contribution in [-0.4, -0.2) is 37.1 Å². The zero-order valence-electron chi connectivity index (χ0n) is 11.5. The molecule has 2 heterocycles. The fourth-order valence-corrected chi connectivity index (χ4v) is 2.19. The number of oxazole rings is 1. The Balaban J connectivity index is 2.18. The topological polar surface area (TPSA) is 38.5 Å². The van der Waals surface area contributed by atoms with Gasteiger partial charge < -0.3 is 14.1 Å². The Bertz CT molecular complexity index is 423. The smallest absolute Gasteiger partial charge is 0.308 e. The lowest BCUT2D eigenvalue weighted by molar-refractivity contribution is 0.295. The van der Waals surface area contributed by atoms with Gasteiger partial charge >= 0.3 is 5.95 Å². The van der Waals surface area contributed by atoms with Crippen LogP contribution in [0.15, 0.2) is 10.5 Å². The maximum Gasteiger partial charge on any atom is 0.308 e. The van der Waals surface area contributed by atoms with Gasteiger partial charge in [-0.3, -0.25) is 0 Å². The molecule has 0 aliphatic carbocycles. The van der Waals surface area contributed by atoms with Crippen molar-refractivity contribution in [1.29, 1.82) is 0 Å². The molecule has 0 N–H and O–H groups in total. The van der Waals surface area contributed by atoms with E-state index in [0.717, 1.165) is 50.4 Å². The van der Waals surface area contributed by atoms with E-state index in [0.29, 0.717) is 5.95 Å². The maximum absolute atomic E-state index is 5.72. The molecule has 0 unspecified atom stereocenters. The number of likely N-dealkylation sites (N-methyl/N-ethyl adjacent to an activating group) is 1. The van der Waals surface area contributed by atoms with Gasteiger partial charge in [-0.2, -0.15) is 0 Å². The van der Waals surface area contributed by atoms with Gasteiger partial charge in [0, 0.05) is 18.7 Å². The summed E-state index contributed by atoms with van der Waals surface area (Å²) in [6.45, 7) is 4.17. The monoisotopic (exact) mass is 250 g/mol. The molecule has 0 saturated carbocycles. The summed E-state index contributed by atoms with van der Waals surface area (Å²) < 4.78 is 11.0. The number of aryl methyl sites for hydroxylation is 1. The van der Waals surface area contributed by atoms with Crippen LogP contribution in [-0.2, 0) is 6.42 Å². The average Bonchev–Trinajstić information content (AvgIpc) is 2.79. The van der Waals surface area contributed by atoms with Gasteiger partial charge in [-0.05, 0) is 26.3 Å². The Kier molecular flexibility index (Phi) is 4.42. The van der Waals surface area contributed by atoms with Crippen molar-refractivity contribution >= 4 is 5.57 Å². The molecule has 0 fully saturated rings. The van der Waals surface area contributed by atoms with Crippen LogP contribution in [0.25, 0.3) is 5.57 Å². The maximum atomic E-state index is 5.72. The van der Waals surface area contributed by atoms with Gasteiger partial charge in [0.1, 0.15) is 5.69 Å². The summed E-state index contributed by atoms with van der Waals surface area (Å²) in [5, 5.41) is 0. The van der Waals surface area contributed by atoms with Crippen molar-refractivity contribution in [3.05, 3.63) is 17.7 Å². The van der Waals surface area contributed by atoms with E-state index in [2.05, 4.69) is 29.9 Å². The van der Waals surface area contributed by atoms with Crippen molar-refractivity contribution in [2.45, 2.75) is 32.6 Å². The van der Waals surface area contributed by atoms with Crippen molar-refractivity contribution in [2.24, 2.45) is 0 Å². The zero-order chi connectivity index (χ0) is 13.0. The van der Waals surface area contributed by atoms with Crippen LogP contribution in [0, 0.1) is 0 Å². The Morgan fingerprint density at radius 3 is 3.00 bits per heavy atom. The summed E-state index contributed by atoms with van der Waals surface area (Å²) in [4.78, 5) is 6.87. The van der Waals surface area contributed by atoms with Gasteiger partial charge in [-0.15, -0.1) is 0 Å². The first-order chi connectivity index (χ1) is 8.74. The van der Waals surface area contributed by atoms with Crippen molar-refractivity contribution in [3.8, 4) is 5.95 Å². The number of unbranched alkanes of at least 4 members (excludes halogenated alkanes) is 1. The third-order valence-corrected chi connectivity index (χ3v) is 3.23. The molecule has 0 saturated heterocycles. The van der Waals surface area contributed by atoms with E-state index >= 15 is 0 Å². The van der Waals surface area contributed by atoms with E-state index in [1.54, 1.807) is 7.11 Å².